The van der Waals surface area contributed by atoms with Gasteiger partial charge in [-0.1, -0.05) is 29.8 Å². The molecule has 3 aromatic carbocycles. The fourth-order valence-corrected chi connectivity index (χ4v) is 5.37. The first-order valence-electron chi connectivity index (χ1n) is 11.7. The van der Waals surface area contributed by atoms with Crippen molar-refractivity contribution in [1.29, 1.82) is 0 Å². The van der Waals surface area contributed by atoms with E-state index in [9.17, 15) is 13.2 Å². The summed E-state index contributed by atoms with van der Waals surface area (Å²) in [6, 6.07) is 16.4. The molecule has 1 aliphatic rings. The summed E-state index contributed by atoms with van der Waals surface area (Å²) in [6.45, 7) is 0.804. The van der Waals surface area contributed by atoms with E-state index in [0.29, 0.717) is 47.0 Å². The number of sulfonamides is 1. The van der Waals surface area contributed by atoms with Gasteiger partial charge in [0.1, 0.15) is 11.4 Å². The number of ether oxygens (including phenoxy) is 1. The average molecular weight is 553 g/mol. The van der Waals surface area contributed by atoms with E-state index in [1.807, 2.05) is 6.07 Å². The number of amides is 1. The largest absolute Gasteiger partial charge is 0.497 e. The molecule has 0 radical (unpaired) electrons. The number of nitrogens with zero attached hydrogens (tertiary/aromatic N) is 3. The number of fused-ring (bicyclic) bond motifs is 1. The fraction of sp³-hybridized carbons (Fsp3) is 0.192. The van der Waals surface area contributed by atoms with Crippen molar-refractivity contribution in [2.45, 2.75) is 17.4 Å². The van der Waals surface area contributed by atoms with E-state index in [1.165, 1.54) is 19.2 Å². The molecule has 1 saturated heterocycles. The van der Waals surface area contributed by atoms with Crippen molar-refractivity contribution in [2.75, 3.05) is 25.5 Å². The first kappa shape index (κ1) is 25.9. The van der Waals surface area contributed by atoms with Crippen LogP contribution in [0, 0.1) is 0 Å². The Morgan fingerprint density at radius 2 is 1.84 bits per heavy atom. The molecule has 0 saturated carbocycles. The standard InChI is InChI=1S/C26H25ClN6O4S/c1-37-16-9-10-18(27)21(13-16)32-25-24(30-19-6-2-3-7-20(19)31-25)23-17(5-4-8-22(23)38(29,35)36)26(34)33-12-11-15(28)14-33/h2-10,13,15H,11-12,14,28H2,1H3,(H,31,32)(H2,29,35,36). The molecule has 1 aromatic heterocycles. The van der Waals surface area contributed by atoms with Gasteiger partial charge in [0.2, 0.25) is 10.0 Å². The molecule has 1 amide bonds. The fourth-order valence-electron chi connectivity index (χ4n) is 4.45. The number of nitrogens with two attached hydrogens (primary N) is 2. The van der Waals surface area contributed by atoms with Crippen LogP contribution in [0.4, 0.5) is 11.5 Å². The second-order valence-electron chi connectivity index (χ2n) is 8.90. The van der Waals surface area contributed by atoms with Gasteiger partial charge < -0.3 is 20.7 Å². The van der Waals surface area contributed by atoms with Gasteiger partial charge in [-0.25, -0.2) is 23.5 Å². The maximum atomic E-state index is 13.7. The minimum atomic E-state index is -4.27. The zero-order valence-electron chi connectivity index (χ0n) is 20.4. The minimum Gasteiger partial charge on any atom is -0.497 e. The van der Waals surface area contributed by atoms with E-state index in [4.69, 9.17) is 37.2 Å². The lowest BCUT2D eigenvalue weighted by molar-refractivity contribution is 0.0791. The van der Waals surface area contributed by atoms with Crippen LogP contribution in [0.1, 0.15) is 16.8 Å². The summed E-state index contributed by atoms with van der Waals surface area (Å²) in [6.07, 6.45) is 0.646. The van der Waals surface area contributed by atoms with E-state index in [-0.39, 0.29) is 39.5 Å². The molecule has 0 aliphatic carbocycles. The molecular weight excluding hydrogens is 528 g/mol. The van der Waals surface area contributed by atoms with Crippen LogP contribution in [0.15, 0.2) is 65.6 Å². The first-order chi connectivity index (χ1) is 18.2. The van der Waals surface area contributed by atoms with Crippen LogP contribution in [-0.4, -0.2) is 55.4 Å². The molecule has 1 atom stereocenters. The predicted molar refractivity (Wildman–Crippen MR) is 146 cm³/mol. The number of hydrogen-bond acceptors (Lipinski definition) is 8. The summed E-state index contributed by atoms with van der Waals surface area (Å²) in [7, 11) is -2.74. The van der Waals surface area contributed by atoms with Crippen LogP contribution in [0.5, 0.6) is 5.75 Å². The molecule has 0 spiro atoms. The summed E-state index contributed by atoms with van der Waals surface area (Å²) < 4.78 is 30.9. The number of methoxy groups -OCH3 is 1. The molecular formula is C26H25ClN6O4S. The average Bonchev–Trinajstić information content (AvgIpc) is 3.34. The van der Waals surface area contributed by atoms with Crippen LogP contribution in [0.25, 0.3) is 22.3 Å². The number of primary sulfonamides is 1. The van der Waals surface area contributed by atoms with Crippen molar-refractivity contribution < 1.29 is 17.9 Å². The van der Waals surface area contributed by atoms with Crippen molar-refractivity contribution in [1.82, 2.24) is 14.9 Å². The van der Waals surface area contributed by atoms with Gasteiger partial charge >= 0.3 is 0 Å². The Hall–Kier alpha value is -3.77. The molecule has 1 unspecified atom stereocenters. The third-order valence-corrected chi connectivity index (χ3v) is 7.59. The minimum absolute atomic E-state index is 0.0419. The maximum Gasteiger partial charge on any atom is 0.254 e. The van der Waals surface area contributed by atoms with Gasteiger partial charge in [0.05, 0.1) is 39.3 Å². The topological polar surface area (TPSA) is 154 Å². The number of likely N-dealkylation sites (tertiary alicyclic amines) is 1. The smallest absolute Gasteiger partial charge is 0.254 e. The van der Waals surface area contributed by atoms with Crippen LogP contribution < -0.4 is 20.9 Å². The van der Waals surface area contributed by atoms with Crippen molar-refractivity contribution in [3.05, 3.63) is 71.2 Å². The number of benzene rings is 3. The number of anilines is 2. The number of carbonyl (C=O) groups is 1. The van der Waals surface area contributed by atoms with E-state index in [1.54, 1.807) is 47.4 Å². The number of aromatic nitrogens is 2. The zero-order chi connectivity index (χ0) is 27.0. The normalized spacial score (nSPS) is 15.6. The molecule has 1 aliphatic heterocycles. The molecule has 10 nitrogen and oxygen atoms in total. The number of rotatable bonds is 6. The predicted octanol–water partition coefficient (Wildman–Crippen LogP) is 3.52. The highest BCUT2D eigenvalue weighted by Crippen LogP contribution is 2.38. The SMILES string of the molecule is COc1ccc(Cl)c(Nc2nc3ccccc3nc2-c2c(C(=O)N3CCC(N)C3)cccc2S(N)(=O)=O)c1. The molecule has 2 heterocycles. The van der Waals surface area contributed by atoms with Gasteiger partial charge in [0.25, 0.3) is 5.91 Å². The first-order valence-corrected chi connectivity index (χ1v) is 13.7. The molecule has 0 bridgehead atoms. The summed E-state index contributed by atoms with van der Waals surface area (Å²) in [5.74, 6) is 0.347. The highest BCUT2D eigenvalue weighted by Gasteiger charge is 2.31. The van der Waals surface area contributed by atoms with Gasteiger partial charge in [-0.05, 0) is 42.8 Å². The summed E-state index contributed by atoms with van der Waals surface area (Å²) in [5.41, 5.74) is 7.81. The third-order valence-electron chi connectivity index (χ3n) is 6.31. The van der Waals surface area contributed by atoms with E-state index in [2.05, 4.69) is 5.32 Å². The van der Waals surface area contributed by atoms with Crippen LogP contribution in [-0.2, 0) is 10.0 Å². The van der Waals surface area contributed by atoms with Gasteiger partial charge in [-0.15, -0.1) is 0 Å². The molecule has 5 rings (SSSR count). The van der Waals surface area contributed by atoms with Gasteiger partial charge in [-0.2, -0.15) is 0 Å². The Labute approximate surface area is 224 Å². The Morgan fingerprint density at radius 3 is 2.50 bits per heavy atom. The Balaban J connectivity index is 1.78. The van der Waals surface area contributed by atoms with Crippen molar-refractivity contribution in [3.63, 3.8) is 0 Å². The number of para-hydroxylation sites is 2. The second-order valence-corrected chi connectivity index (χ2v) is 10.8. The van der Waals surface area contributed by atoms with E-state index >= 15 is 0 Å². The summed E-state index contributed by atoms with van der Waals surface area (Å²) >= 11 is 6.45. The quantitative estimate of drug-likeness (QED) is 0.328. The van der Waals surface area contributed by atoms with Gasteiger partial charge in [-0.3, -0.25) is 4.79 Å². The monoisotopic (exact) mass is 552 g/mol. The Morgan fingerprint density at radius 1 is 1.11 bits per heavy atom. The summed E-state index contributed by atoms with van der Waals surface area (Å²) in [4.78, 5) is 24.5. The molecule has 38 heavy (non-hydrogen) atoms. The molecule has 196 valence electrons. The second kappa shape index (κ2) is 10.2. The highest BCUT2D eigenvalue weighted by atomic mass is 35.5. The number of carbonyl (C=O) groups excluding carboxylic acids is 1. The van der Waals surface area contributed by atoms with Crippen LogP contribution >= 0.6 is 11.6 Å². The lowest BCUT2D eigenvalue weighted by atomic mass is 10.0. The number of halogens is 1. The van der Waals surface area contributed by atoms with Crippen molar-refractivity contribution in [2.24, 2.45) is 10.9 Å². The third kappa shape index (κ3) is 5.01. The Bertz CT molecular complexity index is 1660. The molecule has 12 heteroatoms. The lowest BCUT2D eigenvalue weighted by Crippen LogP contribution is -2.32. The van der Waals surface area contributed by atoms with E-state index < -0.39 is 10.0 Å². The van der Waals surface area contributed by atoms with Crippen molar-refractivity contribution >= 4 is 50.1 Å². The lowest BCUT2D eigenvalue weighted by Gasteiger charge is -2.21. The number of hydrogen-bond donors (Lipinski definition) is 3. The molecule has 5 N–H and O–H groups in total. The van der Waals surface area contributed by atoms with E-state index in [0.717, 1.165) is 0 Å². The maximum absolute atomic E-state index is 13.7. The highest BCUT2D eigenvalue weighted by molar-refractivity contribution is 7.89. The summed E-state index contributed by atoms with van der Waals surface area (Å²) in [5, 5.41) is 9.17. The van der Waals surface area contributed by atoms with Crippen molar-refractivity contribution in [3.8, 4) is 17.0 Å². The van der Waals surface area contributed by atoms with Crippen LogP contribution in [0.3, 0.4) is 0 Å². The zero-order valence-corrected chi connectivity index (χ0v) is 22.0. The Kier molecular flexibility index (Phi) is 6.93. The molecule has 1 fully saturated rings. The van der Waals surface area contributed by atoms with Gasteiger partial charge in [0, 0.05) is 30.8 Å². The van der Waals surface area contributed by atoms with Crippen LogP contribution in [0.2, 0.25) is 5.02 Å². The number of nitrogens with one attached hydrogen (secondary N) is 1. The van der Waals surface area contributed by atoms with Gasteiger partial charge in [0.15, 0.2) is 5.82 Å². The molecule has 4 aromatic rings.